The molecule has 0 aromatic heterocycles. The summed E-state index contributed by atoms with van der Waals surface area (Å²) < 4.78 is 0. The Morgan fingerprint density at radius 3 is 2.68 bits per heavy atom. The third kappa shape index (κ3) is 6.66. The van der Waals surface area contributed by atoms with Gasteiger partial charge in [0.25, 0.3) is 0 Å². The van der Waals surface area contributed by atoms with Crippen molar-refractivity contribution in [3.63, 3.8) is 0 Å². The van der Waals surface area contributed by atoms with Gasteiger partial charge in [-0.05, 0) is 31.2 Å². The normalized spacial score (nSPS) is 23.4. The molecule has 3 amide bonds. The van der Waals surface area contributed by atoms with Gasteiger partial charge in [0.05, 0.1) is 6.04 Å². The van der Waals surface area contributed by atoms with Gasteiger partial charge in [0.15, 0.2) is 0 Å². The quantitative estimate of drug-likeness (QED) is 0.660. The maximum atomic E-state index is 12.5. The first kappa shape index (κ1) is 18.5. The molecule has 1 aromatic carbocycles. The average molecular weight is 345 g/mol. The summed E-state index contributed by atoms with van der Waals surface area (Å²) in [6, 6.07) is 8.36. The number of carbonyl (C=O) groups is 3. The zero-order valence-corrected chi connectivity index (χ0v) is 13.9. The second-order valence-electron chi connectivity index (χ2n) is 5.95. The third-order valence-electron chi connectivity index (χ3n) is 3.94. The zero-order chi connectivity index (χ0) is 18.1. The van der Waals surface area contributed by atoms with Crippen LogP contribution in [0.1, 0.15) is 24.8 Å². The molecule has 0 spiro atoms. The molecule has 0 bridgehead atoms. The summed E-state index contributed by atoms with van der Waals surface area (Å²) in [7, 11) is 0. The van der Waals surface area contributed by atoms with Gasteiger partial charge in [0.2, 0.25) is 11.8 Å². The molecule has 1 aliphatic rings. The topological polar surface area (TPSA) is 108 Å². The summed E-state index contributed by atoms with van der Waals surface area (Å²) >= 11 is 0. The Kier molecular flexibility index (Phi) is 7.00. The molecular weight excluding hydrogens is 322 g/mol. The molecule has 134 valence electrons. The van der Waals surface area contributed by atoms with Gasteiger partial charge in [-0.15, -0.1) is 0 Å². The van der Waals surface area contributed by atoms with Crippen LogP contribution in [0, 0.1) is 0 Å². The molecule has 1 heterocycles. The molecule has 0 saturated carbocycles. The van der Waals surface area contributed by atoms with Crippen molar-refractivity contribution in [2.75, 3.05) is 6.54 Å². The molecule has 0 aliphatic carbocycles. The van der Waals surface area contributed by atoms with E-state index in [1.165, 1.54) is 6.08 Å². The lowest BCUT2D eigenvalue weighted by atomic mass is 10.0. The van der Waals surface area contributed by atoms with Gasteiger partial charge in [0.1, 0.15) is 6.04 Å². The minimum Gasteiger partial charge on any atom is -0.465 e. The first-order chi connectivity index (χ1) is 12.0. The summed E-state index contributed by atoms with van der Waals surface area (Å²) in [5, 5.41) is 16.8. The lowest BCUT2D eigenvalue weighted by molar-refractivity contribution is -0.123. The van der Waals surface area contributed by atoms with Crippen molar-refractivity contribution in [1.29, 1.82) is 0 Å². The molecule has 0 fully saturated rings. The van der Waals surface area contributed by atoms with Gasteiger partial charge >= 0.3 is 6.09 Å². The van der Waals surface area contributed by atoms with Crippen LogP contribution in [0.15, 0.2) is 42.5 Å². The molecule has 2 atom stereocenters. The van der Waals surface area contributed by atoms with E-state index in [1.54, 1.807) is 6.08 Å². The van der Waals surface area contributed by atoms with Crippen molar-refractivity contribution >= 4 is 17.9 Å². The predicted octanol–water partition coefficient (Wildman–Crippen LogP) is 1.21. The average Bonchev–Trinajstić information content (AvgIpc) is 2.58. The first-order valence-electron chi connectivity index (χ1n) is 8.34. The monoisotopic (exact) mass is 345 g/mol. The van der Waals surface area contributed by atoms with Crippen molar-refractivity contribution in [1.82, 2.24) is 16.0 Å². The van der Waals surface area contributed by atoms with Crippen LogP contribution in [0.2, 0.25) is 0 Å². The lowest BCUT2D eigenvalue weighted by Gasteiger charge is -2.21. The van der Waals surface area contributed by atoms with Crippen molar-refractivity contribution in [2.45, 2.75) is 37.8 Å². The molecule has 7 nitrogen and oxygen atoms in total. The number of benzene rings is 1. The van der Waals surface area contributed by atoms with Crippen LogP contribution >= 0.6 is 0 Å². The maximum absolute atomic E-state index is 12.5. The van der Waals surface area contributed by atoms with Crippen molar-refractivity contribution in [3.8, 4) is 0 Å². The van der Waals surface area contributed by atoms with Crippen LogP contribution in [0.5, 0.6) is 0 Å². The Bertz CT molecular complexity index is 630. The highest BCUT2D eigenvalue weighted by atomic mass is 16.4. The van der Waals surface area contributed by atoms with E-state index in [0.29, 0.717) is 32.2 Å². The number of hydrogen-bond acceptors (Lipinski definition) is 3. The number of rotatable bonds is 3. The van der Waals surface area contributed by atoms with E-state index in [1.807, 2.05) is 30.3 Å². The Morgan fingerprint density at radius 2 is 1.96 bits per heavy atom. The molecule has 0 unspecified atom stereocenters. The fourth-order valence-corrected chi connectivity index (χ4v) is 2.68. The molecule has 4 N–H and O–H groups in total. The van der Waals surface area contributed by atoms with Gasteiger partial charge in [-0.3, -0.25) is 9.59 Å². The summed E-state index contributed by atoms with van der Waals surface area (Å²) in [5.41, 5.74) is 1.01. The van der Waals surface area contributed by atoms with Crippen LogP contribution in [0.4, 0.5) is 4.79 Å². The zero-order valence-electron chi connectivity index (χ0n) is 13.9. The van der Waals surface area contributed by atoms with E-state index in [2.05, 4.69) is 16.0 Å². The molecular formula is C18H23N3O4. The van der Waals surface area contributed by atoms with Crippen LogP contribution in [0.25, 0.3) is 0 Å². The van der Waals surface area contributed by atoms with E-state index in [9.17, 15) is 14.4 Å². The van der Waals surface area contributed by atoms with Crippen LogP contribution in [-0.4, -0.2) is 41.6 Å². The highest BCUT2D eigenvalue weighted by molar-refractivity contribution is 5.88. The Labute approximate surface area is 146 Å². The second kappa shape index (κ2) is 9.46. The van der Waals surface area contributed by atoms with Crippen LogP contribution in [-0.2, 0) is 16.0 Å². The van der Waals surface area contributed by atoms with Crippen LogP contribution in [0.3, 0.4) is 0 Å². The van der Waals surface area contributed by atoms with Crippen molar-refractivity contribution < 1.29 is 19.5 Å². The largest absolute Gasteiger partial charge is 0.465 e. The highest BCUT2D eigenvalue weighted by Gasteiger charge is 2.22. The predicted molar refractivity (Wildman–Crippen MR) is 93.0 cm³/mol. The van der Waals surface area contributed by atoms with Gasteiger partial charge in [0, 0.05) is 12.6 Å². The van der Waals surface area contributed by atoms with E-state index in [-0.39, 0.29) is 11.8 Å². The standard InChI is InChI=1S/C18H23N3O4/c22-16-10-9-14(12-13-6-2-1-3-7-13)20-17(23)15(21-18(24)25)8-4-5-11-19-16/h1-3,6-7,9-10,14-15,21H,4-5,8,11-12H2,(H,19,22)(H,20,23)(H,24,25)/b10-9+/t14-,15+/m1/s1. The Balaban J connectivity index is 2.15. The first-order valence-corrected chi connectivity index (χ1v) is 8.34. The van der Waals surface area contributed by atoms with Gasteiger partial charge < -0.3 is 21.1 Å². The van der Waals surface area contributed by atoms with E-state index in [0.717, 1.165) is 5.56 Å². The number of amides is 3. The SMILES string of the molecule is O=C(O)N[C@H]1CCCCNC(=O)/C=C/[C@H](Cc2ccccc2)NC1=O. The maximum Gasteiger partial charge on any atom is 0.405 e. The van der Waals surface area contributed by atoms with E-state index < -0.39 is 18.2 Å². The summed E-state index contributed by atoms with van der Waals surface area (Å²) in [5.74, 6) is -0.581. The number of carboxylic acid groups (broad SMARTS) is 1. The van der Waals surface area contributed by atoms with Gasteiger partial charge in [-0.1, -0.05) is 36.4 Å². The lowest BCUT2D eigenvalue weighted by Crippen LogP contribution is -2.49. The minimum atomic E-state index is -1.23. The summed E-state index contributed by atoms with van der Waals surface area (Å²) in [4.78, 5) is 35.2. The third-order valence-corrected chi connectivity index (χ3v) is 3.94. The molecule has 1 aromatic rings. The highest BCUT2D eigenvalue weighted by Crippen LogP contribution is 2.07. The molecule has 1 aliphatic heterocycles. The Hall–Kier alpha value is -2.83. The smallest absolute Gasteiger partial charge is 0.405 e. The van der Waals surface area contributed by atoms with Crippen molar-refractivity contribution in [3.05, 3.63) is 48.0 Å². The fraction of sp³-hybridized carbons (Fsp3) is 0.389. The second-order valence-corrected chi connectivity index (χ2v) is 5.95. The van der Waals surface area contributed by atoms with Crippen molar-refractivity contribution in [2.24, 2.45) is 0 Å². The molecule has 25 heavy (non-hydrogen) atoms. The molecule has 0 radical (unpaired) electrons. The number of carbonyl (C=O) groups excluding carboxylic acids is 2. The van der Waals surface area contributed by atoms with E-state index in [4.69, 9.17) is 5.11 Å². The summed E-state index contributed by atoms with van der Waals surface area (Å²) in [6.45, 7) is 0.494. The van der Waals surface area contributed by atoms with Gasteiger partial charge in [-0.2, -0.15) is 0 Å². The number of hydrogen-bond donors (Lipinski definition) is 4. The van der Waals surface area contributed by atoms with E-state index >= 15 is 0 Å². The Morgan fingerprint density at radius 1 is 1.20 bits per heavy atom. The number of nitrogens with one attached hydrogen (secondary N) is 3. The molecule has 0 saturated heterocycles. The minimum absolute atomic E-state index is 0.201. The van der Waals surface area contributed by atoms with Crippen LogP contribution < -0.4 is 16.0 Å². The molecule has 7 heteroatoms. The molecule has 2 rings (SSSR count). The fourth-order valence-electron chi connectivity index (χ4n) is 2.68. The summed E-state index contributed by atoms with van der Waals surface area (Å²) in [6.07, 6.45) is 4.03. The van der Waals surface area contributed by atoms with Gasteiger partial charge in [-0.25, -0.2) is 4.79 Å².